The summed E-state index contributed by atoms with van der Waals surface area (Å²) in [6.45, 7) is 9.39. The molecular weight excluding hydrogens is 368 g/mol. The van der Waals surface area contributed by atoms with Gasteiger partial charge in [-0.2, -0.15) is 0 Å². The van der Waals surface area contributed by atoms with Crippen molar-refractivity contribution >= 4 is 23.5 Å². The molecule has 0 aliphatic carbocycles. The molecule has 0 aliphatic rings. The molecule has 29 heavy (non-hydrogen) atoms. The monoisotopic (exact) mass is 396 g/mol. The van der Waals surface area contributed by atoms with Crippen LogP contribution in [-0.2, 0) is 19.7 Å². The summed E-state index contributed by atoms with van der Waals surface area (Å²) in [4.78, 5) is 36.3. The lowest BCUT2D eigenvalue weighted by Crippen LogP contribution is -2.35. The van der Waals surface area contributed by atoms with Crippen molar-refractivity contribution in [2.45, 2.75) is 46.1 Å². The minimum absolute atomic E-state index is 0.00585. The lowest BCUT2D eigenvalue weighted by molar-refractivity contribution is -0.152. The summed E-state index contributed by atoms with van der Waals surface area (Å²) in [5.74, 6) is -1.50. The van der Waals surface area contributed by atoms with Crippen molar-refractivity contribution in [3.63, 3.8) is 0 Å². The van der Waals surface area contributed by atoms with E-state index < -0.39 is 18.0 Å². The molecule has 2 aromatic rings. The van der Waals surface area contributed by atoms with Gasteiger partial charge < -0.3 is 15.4 Å². The molecular formula is C23H28N2O4. The molecule has 0 saturated carbocycles. The van der Waals surface area contributed by atoms with Crippen LogP contribution in [0.25, 0.3) is 0 Å². The van der Waals surface area contributed by atoms with Gasteiger partial charge in [0.25, 0.3) is 11.8 Å². The lowest BCUT2D eigenvalue weighted by atomic mass is 9.87. The Balaban J connectivity index is 1.81. The van der Waals surface area contributed by atoms with E-state index >= 15 is 0 Å². The second-order valence-corrected chi connectivity index (χ2v) is 8.00. The molecule has 0 aromatic heterocycles. The van der Waals surface area contributed by atoms with E-state index in [0.29, 0.717) is 11.3 Å². The van der Waals surface area contributed by atoms with Gasteiger partial charge in [0.2, 0.25) is 0 Å². The summed E-state index contributed by atoms with van der Waals surface area (Å²) in [6, 6.07) is 14.5. The molecule has 2 rings (SSSR count). The lowest BCUT2D eigenvalue weighted by Gasteiger charge is -2.19. The van der Waals surface area contributed by atoms with Gasteiger partial charge >= 0.3 is 5.97 Å². The third-order valence-corrected chi connectivity index (χ3v) is 4.40. The fourth-order valence-corrected chi connectivity index (χ4v) is 2.55. The molecule has 0 spiro atoms. The van der Waals surface area contributed by atoms with Crippen LogP contribution in [0.4, 0.5) is 5.69 Å². The molecule has 0 aliphatic heterocycles. The molecule has 2 N–H and O–H groups in total. The first kappa shape index (κ1) is 22.1. The van der Waals surface area contributed by atoms with E-state index in [4.69, 9.17) is 4.74 Å². The zero-order valence-corrected chi connectivity index (χ0v) is 17.5. The molecule has 2 aromatic carbocycles. The first-order chi connectivity index (χ1) is 13.6. The topological polar surface area (TPSA) is 84.5 Å². The minimum atomic E-state index is -0.980. The Labute approximate surface area is 171 Å². The zero-order chi connectivity index (χ0) is 21.6. The average molecular weight is 396 g/mol. The summed E-state index contributed by atoms with van der Waals surface area (Å²) in [6.07, 6.45) is -0.980. The number of ether oxygens (including phenoxy) is 1. The second kappa shape index (κ2) is 9.37. The average Bonchev–Trinajstić information content (AvgIpc) is 2.67. The SMILES string of the molecule is Cc1ccc(NC(=O)C(C)OC(=O)CNC(=O)c2ccc(C(C)(C)C)cc2)cc1. The molecule has 154 valence electrons. The number of amides is 2. The number of carbonyl (C=O) groups excluding carboxylic acids is 3. The Morgan fingerprint density at radius 3 is 2.10 bits per heavy atom. The molecule has 6 nitrogen and oxygen atoms in total. The van der Waals surface area contributed by atoms with E-state index in [1.165, 1.54) is 6.92 Å². The first-order valence-electron chi connectivity index (χ1n) is 9.52. The van der Waals surface area contributed by atoms with Gasteiger partial charge in [-0.3, -0.25) is 14.4 Å². The van der Waals surface area contributed by atoms with Crippen molar-refractivity contribution in [1.29, 1.82) is 0 Å². The first-order valence-corrected chi connectivity index (χ1v) is 9.52. The highest BCUT2D eigenvalue weighted by Crippen LogP contribution is 2.22. The number of aryl methyl sites for hydroxylation is 1. The Kier molecular flexibility index (Phi) is 7.15. The summed E-state index contributed by atoms with van der Waals surface area (Å²) >= 11 is 0. The summed E-state index contributed by atoms with van der Waals surface area (Å²) in [7, 11) is 0. The van der Waals surface area contributed by atoms with Gasteiger partial charge in [0, 0.05) is 11.3 Å². The van der Waals surface area contributed by atoms with Crippen LogP contribution < -0.4 is 10.6 Å². The maximum absolute atomic E-state index is 12.2. The van der Waals surface area contributed by atoms with Gasteiger partial charge in [-0.15, -0.1) is 0 Å². The van der Waals surface area contributed by atoms with E-state index in [2.05, 4.69) is 31.4 Å². The zero-order valence-electron chi connectivity index (χ0n) is 17.5. The summed E-state index contributed by atoms with van der Waals surface area (Å²) < 4.78 is 5.09. The van der Waals surface area contributed by atoms with E-state index in [1.54, 1.807) is 24.3 Å². The highest BCUT2D eigenvalue weighted by atomic mass is 16.5. The summed E-state index contributed by atoms with van der Waals surface area (Å²) in [5, 5.41) is 5.19. The van der Waals surface area contributed by atoms with Crippen molar-refractivity contribution in [1.82, 2.24) is 5.32 Å². The van der Waals surface area contributed by atoms with Gasteiger partial charge in [0.05, 0.1) is 0 Å². The summed E-state index contributed by atoms with van der Waals surface area (Å²) in [5.41, 5.74) is 3.26. The Bertz CT molecular complexity index is 865. The quantitative estimate of drug-likeness (QED) is 0.731. The molecule has 0 bridgehead atoms. The van der Waals surface area contributed by atoms with Gasteiger partial charge in [-0.05, 0) is 49.1 Å². The smallest absolute Gasteiger partial charge is 0.326 e. The number of anilines is 1. The maximum Gasteiger partial charge on any atom is 0.326 e. The maximum atomic E-state index is 12.2. The van der Waals surface area contributed by atoms with Crippen molar-refractivity contribution in [2.75, 3.05) is 11.9 Å². The molecule has 1 unspecified atom stereocenters. The Hall–Kier alpha value is -3.15. The number of rotatable bonds is 6. The van der Waals surface area contributed by atoms with Crippen molar-refractivity contribution < 1.29 is 19.1 Å². The van der Waals surface area contributed by atoms with Crippen LogP contribution in [0.15, 0.2) is 48.5 Å². The molecule has 6 heteroatoms. The van der Waals surface area contributed by atoms with Crippen molar-refractivity contribution in [2.24, 2.45) is 0 Å². The van der Waals surface area contributed by atoms with Crippen LogP contribution in [0.2, 0.25) is 0 Å². The predicted octanol–water partition coefficient (Wildman–Crippen LogP) is 3.59. The van der Waals surface area contributed by atoms with E-state index in [0.717, 1.165) is 11.1 Å². The van der Waals surface area contributed by atoms with Gasteiger partial charge in [-0.25, -0.2) is 0 Å². The van der Waals surface area contributed by atoms with Crippen LogP contribution >= 0.6 is 0 Å². The molecule has 0 radical (unpaired) electrons. The number of hydrogen-bond donors (Lipinski definition) is 2. The third kappa shape index (κ3) is 6.75. The van der Waals surface area contributed by atoms with Crippen LogP contribution in [0.3, 0.4) is 0 Å². The third-order valence-electron chi connectivity index (χ3n) is 4.40. The van der Waals surface area contributed by atoms with Crippen LogP contribution in [0, 0.1) is 6.92 Å². The Morgan fingerprint density at radius 1 is 0.966 bits per heavy atom. The van der Waals surface area contributed by atoms with E-state index in [1.807, 2.05) is 31.2 Å². The standard InChI is InChI=1S/C23H28N2O4/c1-15-6-12-19(13-7-15)25-21(27)16(2)29-20(26)14-24-22(28)17-8-10-18(11-9-17)23(3,4)5/h6-13,16H,14H2,1-5H3,(H,24,28)(H,25,27). The molecule has 0 heterocycles. The predicted molar refractivity (Wildman–Crippen MR) is 113 cm³/mol. The van der Waals surface area contributed by atoms with Gasteiger partial charge in [0.15, 0.2) is 6.10 Å². The minimum Gasteiger partial charge on any atom is -0.451 e. The van der Waals surface area contributed by atoms with Crippen molar-refractivity contribution in [3.05, 3.63) is 65.2 Å². The second-order valence-electron chi connectivity index (χ2n) is 8.00. The fraction of sp³-hybridized carbons (Fsp3) is 0.348. The number of carbonyl (C=O) groups is 3. The van der Waals surface area contributed by atoms with Gasteiger partial charge in [0.1, 0.15) is 6.54 Å². The number of nitrogens with one attached hydrogen (secondary N) is 2. The van der Waals surface area contributed by atoms with E-state index in [-0.39, 0.29) is 17.9 Å². The van der Waals surface area contributed by atoms with Gasteiger partial charge in [-0.1, -0.05) is 50.6 Å². The van der Waals surface area contributed by atoms with Crippen LogP contribution in [-0.4, -0.2) is 30.4 Å². The van der Waals surface area contributed by atoms with Crippen LogP contribution in [0.1, 0.15) is 49.2 Å². The largest absolute Gasteiger partial charge is 0.451 e. The Morgan fingerprint density at radius 2 is 1.55 bits per heavy atom. The number of benzene rings is 2. The fourth-order valence-electron chi connectivity index (χ4n) is 2.55. The molecule has 1 atom stereocenters. The van der Waals surface area contributed by atoms with Crippen LogP contribution in [0.5, 0.6) is 0 Å². The number of esters is 1. The molecule has 0 fully saturated rings. The molecule has 0 saturated heterocycles. The van der Waals surface area contributed by atoms with Crippen molar-refractivity contribution in [3.8, 4) is 0 Å². The number of hydrogen-bond acceptors (Lipinski definition) is 4. The van der Waals surface area contributed by atoms with E-state index in [9.17, 15) is 14.4 Å². The normalized spacial score (nSPS) is 12.0. The highest BCUT2D eigenvalue weighted by molar-refractivity contribution is 5.97. The highest BCUT2D eigenvalue weighted by Gasteiger charge is 2.19. The molecule has 2 amide bonds.